The third kappa shape index (κ3) is 3.25. The molecule has 0 radical (unpaired) electrons. The lowest BCUT2D eigenvalue weighted by Gasteiger charge is -2.59. The molecule has 4 rings (SSSR count). The van der Waals surface area contributed by atoms with Gasteiger partial charge >= 0.3 is 5.97 Å². The number of carbonyl (C=O) groups is 3. The summed E-state index contributed by atoms with van der Waals surface area (Å²) >= 11 is 0. The van der Waals surface area contributed by atoms with Crippen molar-refractivity contribution in [2.45, 2.75) is 83.8 Å². The third-order valence-corrected chi connectivity index (χ3v) is 9.23. The minimum absolute atomic E-state index is 0.00141. The van der Waals surface area contributed by atoms with Crippen molar-refractivity contribution in [1.82, 2.24) is 0 Å². The molecule has 0 aromatic rings. The molecule has 0 spiro atoms. The molecule has 0 saturated heterocycles. The van der Waals surface area contributed by atoms with Gasteiger partial charge in [0.25, 0.3) is 0 Å². The van der Waals surface area contributed by atoms with E-state index in [4.69, 9.17) is 4.74 Å². The second kappa shape index (κ2) is 8.21. The second-order valence-electron chi connectivity index (χ2n) is 10.7. The molecule has 3 fully saturated rings. The average molecular weight is 445 g/mol. The van der Waals surface area contributed by atoms with Gasteiger partial charge in [-0.2, -0.15) is 0 Å². The summed E-state index contributed by atoms with van der Waals surface area (Å²) in [7, 11) is 0. The molecule has 6 nitrogen and oxygen atoms in total. The van der Waals surface area contributed by atoms with E-state index in [9.17, 15) is 24.6 Å². The van der Waals surface area contributed by atoms with Gasteiger partial charge in [-0.1, -0.05) is 38.8 Å². The number of ether oxygens (including phenoxy) is 1. The summed E-state index contributed by atoms with van der Waals surface area (Å²) < 4.78 is 5.97. The summed E-state index contributed by atoms with van der Waals surface area (Å²) in [5, 5.41) is 21.3. The SMILES string of the molecule is CCCCC(=O)O[C@@]1(C(=O)CO)CC[C@H]2[C@@H]3CCC4=CC(=O)C=C[C@]4(C)[C@H]3[C@H](O)C[C@@]21C. The first-order chi connectivity index (χ1) is 15.1. The second-order valence-corrected chi connectivity index (χ2v) is 10.7. The Morgan fingerprint density at radius 2 is 2.00 bits per heavy atom. The van der Waals surface area contributed by atoms with Crippen molar-refractivity contribution in [2.75, 3.05) is 6.61 Å². The van der Waals surface area contributed by atoms with Crippen molar-refractivity contribution >= 4 is 17.5 Å². The largest absolute Gasteiger partial charge is 0.450 e. The molecule has 4 aliphatic rings. The van der Waals surface area contributed by atoms with Crippen molar-refractivity contribution in [2.24, 2.45) is 28.6 Å². The van der Waals surface area contributed by atoms with Gasteiger partial charge in [-0.15, -0.1) is 0 Å². The number of allylic oxidation sites excluding steroid dienone is 4. The van der Waals surface area contributed by atoms with Gasteiger partial charge in [0.1, 0.15) is 6.61 Å². The Hall–Kier alpha value is -1.79. The molecule has 2 N–H and O–H groups in total. The monoisotopic (exact) mass is 444 g/mol. The van der Waals surface area contributed by atoms with Crippen LogP contribution in [0.25, 0.3) is 0 Å². The normalized spacial score (nSPS) is 42.5. The number of aliphatic hydroxyl groups is 2. The number of hydrogen-bond acceptors (Lipinski definition) is 6. The zero-order valence-corrected chi connectivity index (χ0v) is 19.4. The lowest BCUT2D eigenvalue weighted by atomic mass is 9.46. The van der Waals surface area contributed by atoms with E-state index in [2.05, 4.69) is 6.92 Å². The number of rotatable bonds is 6. The van der Waals surface area contributed by atoms with Crippen LogP contribution in [-0.2, 0) is 19.1 Å². The minimum atomic E-state index is -1.39. The molecule has 32 heavy (non-hydrogen) atoms. The third-order valence-electron chi connectivity index (χ3n) is 9.23. The van der Waals surface area contributed by atoms with E-state index in [1.54, 1.807) is 12.2 Å². The number of unbranched alkanes of at least 4 members (excludes halogenated alkanes) is 1. The zero-order valence-electron chi connectivity index (χ0n) is 19.4. The van der Waals surface area contributed by atoms with Crippen LogP contribution in [0, 0.1) is 28.6 Å². The number of carbonyl (C=O) groups excluding carboxylic acids is 3. The number of esters is 1. The Balaban J connectivity index is 1.70. The Labute approximate surface area is 190 Å². The van der Waals surface area contributed by atoms with Crippen LogP contribution in [0.15, 0.2) is 23.8 Å². The van der Waals surface area contributed by atoms with Gasteiger partial charge in [-0.05, 0) is 62.5 Å². The molecule has 4 aliphatic carbocycles. The van der Waals surface area contributed by atoms with Crippen LogP contribution >= 0.6 is 0 Å². The summed E-state index contributed by atoms with van der Waals surface area (Å²) in [6, 6.07) is 0. The number of ketones is 2. The summed E-state index contributed by atoms with van der Waals surface area (Å²) in [6.45, 7) is 5.39. The Bertz CT molecular complexity index is 874. The van der Waals surface area contributed by atoms with E-state index in [0.29, 0.717) is 19.3 Å². The molecule has 0 unspecified atom stereocenters. The Morgan fingerprint density at radius 1 is 1.25 bits per heavy atom. The van der Waals surface area contributed by atoms with E-state index in [-0.39, 0.29) is 35.4 Å². The van der Waals surface area contributed by atoms with Crippen LogP contribution in [0.2, 0.25) is 0 Å². The predicted octanol–water partition coefficient (Wildman–Crippen LogP) is 3.30. The Morgan fingerprint density at radius 3 is 2.69 bits per heavy atom. The van der Waals surface area contributed by atoms with Crippen molar-refractivity contribution in [3.63, 3.8) is 0 Å². The smallest absolute Gasteiger partial charge is 0.306 e. The lowest BCUT2D eigenvalue weighted by molar-refractivity contribution is -0.200. The van der Waals surface area contributed by atoms with Crippen molar-refractivity contribution in [3.8, 4) is 0 Å². The van der Waals surface area contributed by atoms with Crippen LogP contribution in [0.4, 0.5) is 0 Å². The number of aliphatic hydroxyl groups excluding tert-OH is 2. The lowest BCUT2D eigenvalue weighted by Crippen LogP contribution is -2.63. The summed E-state index contributed by atoms with van der Waals surface area (Å²) in [5.41, 5.74) is -1.43. The van der Waals surface area contributed by atoms with Gasteiger partial charge < -0.3 is 14.9 Å². The number of fused-ring (bicyclic) bond motifs is 5. The van der Waals surface area contributed by atoms with Crippen molar-refractivity contribution in [1.29, 1.82) is 0 Å². The van der Waals surface area contributed by atoms with Gasteiger partial charge in [0.15, 0.2) is 11.4 Å². The van der Waals surface area contributed by atoms with Crippen LogP contribution in [0.5, 0.6) is 0 Å². The molecule has 0 aromatic carbocycles. The highest BCUT2D eigenvalue weighted by atomic mass is 16.6. The van der Waals surface area contributed by atoms with E-state index >= 15 is 0 Å². The molecule has 0 aromatic heterocycles. The fourth-order valence-corrected chi connectivity index (χ4v) is 7.69. The van der Waals surface area contributed by atoms with Gasteiger partial charge in [0.2, 0.25) is 5.78 Å². The van der Waals surface area contributed by atoms with Crippen LogP contribution in [-0.4, -0.2) is 46.1 Å². The Kier molecular flexibility index (Phi) is 6.00. The van der Waals surface area contributed by atoms with E-state index in [0.717, 1.165) is 31.3 Å². The zero-order chi connectivity index (χ0) is 23.3. The van der Waals surface area contributed by atoms with Crippen molar-refractivity contribution < 1.29 is 29.3 Å². The molecule has 3 saturated carbocycles. The predicted molar refractivity (Wildman–Crippen MR) is 118 cm³/mol. The van der Waals surface area contributed by atoms with Gasteiger partial charge in [-0.3, -0.25) is 14.4 Å². The van der Waals surface area contributed by atoms with Crippen LogP contribution in [0.3, 0.4) is 0 Å². The van der Waals surface area contributed by atoms with Crippen LogP contribution < -0.4 is 0 Å². The minimum Gasteiger partial charge on any atom is -0.450 e. The summed E-state index contributed by atoms with van der Waals surface area (Å²) in [4.78, 5) is 37.8. The molecule has 0 amide bonds. The maximum Gasteiger partial charge on any atom is 0.306 e. The van der Waals surface area contributed by atoms with E-state index in [1.165, 1.54) is 0 Å². The quantitative estimate of drug-likeness (QED) is 0.610. The maximum atomic E-state index is 13.1. The van der Waals surface area contributed by atoms with Gasteiger partial charge in [0.05, 0.1) is 6.10 Å². The highest BCUT2D eigenvalue weighted by Gasteiger charge is 2.70. The fraction of sp³-hybridized carbons (Fsp3) is 0.731. The molecule has 0 heterocycles. The number of hydrogen-bond donors (Lipinski definition) is 2. The van der Waals surface area contributed by atoms with Crippen molar-refractivity contribution in [3.05, 3.63) is 23.8 Å². The molecule has 0 aliphatic heterocycles. The first-order valence-electron chi connectivity index (χ1n) is 12.1. The highest BCUT2D eigenvalue weighted by Crippen LogP contribution is 2.67. The summed E-state index contributed by atoms with van der Waals surface area (Å²) in [5.74, 6) is -0.675. The maximum absolute atomic E-state index is 13.1. The van der Waals surface area contributed by atoms with Gasteiger partial charge in [-0.25, -0.2) is 0 Å². The standard InChI is InChI=1S/C26H36O6/c1-4-5-6-22(31)32-26(21(30)15-27)12-10-19-18-8-7-16-13-17(28)9-11-24(16,2)23(18)20(29)14-25(19,26)3/h9,11,13,18-20,23,27,29H,4-8,10,12,14-15H2,1-3H3/t18-,19-,20+,23+,24-,25-,26+/m0/s1. The average Bonchev–Trinajstić information content (AvgIpc) is 3.04. The molecular formula is C26H36O6. The first kappa shape index (κ1) is 23.4. The molecule has 7 atom stereocenters. The molecule has 0 bridgehead atoms. The highest BCUT2D eigenvalue weighted by molar-refractivity contribution is 6.01. The molecule has 6 heteroatoms. The van der Waals surface area contributed by atoms with E-state index in [1.807, 2.05) is 19.9 Å². The van der Waals surface area contributed by atoms with E-state index < -0.39 is 35.5 Å². The topological polar surface area (TPSA) is 101 Å². The first-order valence-corrected chi connectivity index (χ1v) is 12.1. The van der Waals surface area contributed by atoms with Gasteiger partial charge in [0, 0.05) is 23.2 Å². The summed E-state index contributed by atoms with van der Waals surface area (Å²) in [6.07, 6.45) is 9.42. The molecule has 176 valence electrons. The fourth-order valence-electron chi connectivity index (χ4n) is 7.69. The van der Waals surface area contributed by atoms with Crippen LogP contribution in [0.1, 0.15) is 72.1 Å². The number of Topliss-reactive ketones (excluding diaryl/α,β-unsaturated/α-hetero) is 1. The molecular weight excluding hydrogens is 408 g/mol.